The third-order valence-corrected chi connectivity index (χ3v) is 7.53. The normalized spacial score (nSPS) is 26.8. The molecule has 0 saturated carbocycles. The molecule has 3 rings (SSSR count). The number of esters is 3. The molecule has 51 heavy (non-hydrogen) atoms. The highest BCUT2D eigenvalue weighted by Crippen LogP contribution is 2.36. The maximum Gasteiger partial charge on any atom is 0.514 e. The Morgan fingerprint density at radius 1 is 0.980 bits per heavy atom. The predicted octanol–water partition coefficient (Wildman–Crippen LogP) is 2.15. The number of nitrogens with one attached hydrogen (secondary N) is 1. The second-order valence-electron chi connectivity index (χ2n) is 11.5. The number of hydrogen-bond donors (Lipinski definition) is 2. The molecule has 0 unspecified atom stereocenters. The number of nitrogens with two attached hydrogens (primary N) is 1. The fraction of sp³-hybridized carbons (Fsp3) is 0.548. The Bertz CT molecular complexity index is 1460. The van der Waals surface area contributed by atoms with Crippen LogP contribution in [-0.4, -0.2) is 107 Å². The summed E-state index contributed by atoms with van der Waals surface area (Å²) in [6.45, 7) is 9.15. The monoisotopic (exact) mass is 782 g/mol. The predicted molar refractivity (Wildman–Crippen MR) is 174 cm³/mol. The summed E-state index contributed by atoms with van der Waals surface area (Å²) in [5.74, 6) is -6.24. The molecule has 1 aromatic rings. The summed E-state index contributed by atoms with van der Waals surface area (Å²) in [7, 11) is 0. The Morgan fingerprint density at radius 2 is 1.59 bits per heavy atom. The molecular weight excluding hydrogens is 747 g/mol. The van der Waals surface area contributed by atoms with Crippen molar-refractivity contribution in [1.82, 2.24) is 5.32 Å². The van der Waals surface area contributed by atoms with Gasteiger partial charge in [0, 0.05) is 20.8 Å². The molecule has 2 aliphatic rings. The Morgan fingerprint density at radius 3 is 2.12 bits per heavy atom. The third-order valence-electron chi connectivity index (χ3n) is 7.01. The van der Waals surface area contributed by atoms with Crippen LogP contribution in [0.5, 0.6) is 5.75 Å². The number of hydrogen-bond acceptors (Lipinski definition) is 15. The third kappa shape index (κ3) is 11.9. The minimum absolute atomic E-state index is 0.110. The molecule has 0 bridgehead atoms. The number of carbonyl (C=O) groups is 6. The molecule has 2 saturated heterocycles. The largest absolute Gasteiger partial charge is 0.514 e. The molecule has 3 N–H and O–H groups in total. The molecule has 0 aromatic heterocycles. The van der Waals surface area contributed by atoms with Crippen molar-refractivity contribution in [3.8, 4) is 5.75 Å². The van der Waals surface area contributed by atoms with Gasteiger partial charge in [-0.05, 0) is 32.1 Å². The van der Waals surface area contributed by atoms with Crippen molar-refractivity contribution in [2.75, 3.05) is 6.61 Å². The zero-order valence-corrected chi connectivity index (χ0v) is 30.2. The quantitative estimate of drug-likeness (QED) is 0.0962. The van der Waals surface area contributed by atoms with Crippen LogP contribution in [0.15, 0.2) is 43.0 Å². The first kappa shape index (κ1) is 41.7. The van der Waals surface area contributed by atoms with Gasteiger partial charge in [0.1, 0.15) is 36.7 Å². The molecule has 0 radical (unpaired) electrons. The van der Waals surface area contributed by atoms with E-state index in [0.29, 0.717) is 0 Å². The summed E-state index contributed by atoms with van der Waals surface area (Å²) in [6.07, 6.45) is -13.0. The highest BCUT2D eigenvalue weighted by atomic mass is 35.6. The second kappa shape index (κ2) is 17.7. The van der Waals surface area contributed by atoms with Gasteiger partial charge in [0.2, 0.25) is 5.91 Å². The minimum Gasteiger partial charge on any atom is -0.463 e. The number of benzene rings is 1. The summed E-state index contributed by atoms with van der Waals surface area (Å²) in [5, 5.41) is 2.35. The molecule has 0 aliphatic carbocycles. The Hall–Kier alpha value is -3.71. The maximum absolute atomic E-state index is 13.1. The van der Waals surface area contributed by atoms with E-state index >= 15 is 0 Å². The van der Waals surface area contributed by atoms with Crippen molar-refractivity contribution in [2.45, 2.75) is 99.3 Å². The van der Waals surface area contributed by atoms with E-state index < -0.39 is 107 Å². The van der Waals surface area contributed by atoms with Gasteiger partial charge < -0.3 is 53.7 Å². The summed E-state index contributed by atoms with van der Waals surface area (Å²) in [6, 6.07) is 6.13. The molecule has 1 aromatic carbocycles. The van der Waals surface area contributed by atoms with Gasteiger partial charge in [-0.3, -0.25) is 24.0 Å². The number of primary amides is 1. The number of rotatable bonds is 13. The van der Waals surface area contributed by atoms with Gasteiger partial charge in [0.25, 0.3) is 9.70 Å². The topological polar surface area (TPSA) is 224 Å². The van der Waals surface area contributed by atoms with E-state index in [0.717, 1.165) is 26.8 Å². The van der Waals surface area contributed by atoms with Crippen LogP contribution >= 0.6 is 34.8 Å². The summed E-state index contributed by atoms with van der Waals surface area (Å²) < 4.78 is 48.3. The first-order chi connectivity index (χ1) is 23.7. The van der Waals surface area contributed by atoms with Crippen LogP contribution in [0.25, 0.3) is 0 Å². The maximum atomic E-state index is 13.1. The molecule has 2 heterocycles. The fourth-order valence-corrected chi connectivity index (χ4v) is 5.28. The number of halogens is 3. The van der Waals surface area contributed by atoms with E-state index in [2.05, 4.69) is 11.9 Å². The summed E-state index contributed by atoms with van der Waals surface area (Å²) in [4.78, 5) is 75.1. The zero-order chi connectivity index (χ0) is 38.3. The van der Waals surface area contributed by atoms with Crippen molar-refractivity contribution in [3.63, 3.8) is 0 Å². The fourth-order valence-electron chi connectivity index (χ4n) is 5.12. The van der Waals surface area contributed by atoms with Crippen LogP contribution < -0.4 is 15.8 Å². The first-order valence-electron chi connectivity index (χ1n) is 15.1. The van der Waals surface area contributed by atoms with Crippen molar-refractivity contribution >= 4 is 70.7 Å². The first-order valence-corrected chi connectivity index (χ1v) is 16.2. The Balaban J connectivity index is 2.17. The molecule has 0 spiro atoms. The Labute approximate surface area is 307 Å². The van der Waals surface area contributed by atoms with Crippen LogP contribution in [-0.2, 0) is 61.9 Å². The average Bonchev–Trinajstić information content (AvgIpc) is 3.35. The van der Waals surface area contributed by atoms with E-state index in [1.54, 1.807) is 18.2 Å². The average molecular weight is 784 g/mol. The van der Waals surface area contributed by atoms with Crippen LogP contribution in [0.1, 0.15) is 34.6 Å². The van der Waals surface area contributed by atoms with E-state index in [9.17, 15) is 28.8 Å². The van der Waals surface area contributed by atoms with Crippen molar-refractivity contribution in [3.05, 3.63) is 43.0 Å². The van der Waals surface area contributed by atoms with Crippen LogP contribution in [0, 0.1) is 0 Å². The molecule has 2 aliphatic heterocycles. The van der Waals surface area contributed by atoms with Gasteiger partial charge in [-0.15, -0.1) is 0 Å². The van der Waals surface area contributed by atoms with Gasteiger partial charge in [-0.2, -0.15) is 0 Å². The number of ether oxygens (including phenoxy) is 9. The number of carbonyl (C=O) groups excluding carboxylic acids is 6. The van der Waals surface area contributed by atoms with E-state index in [4.69, 9.17) is 83.2 Å². The van der Waals surface area contributed by atoms with Crippen LogP contribution in [0.4, 0.5) is 4.79 Å². The number of amides is 2. The Kier molecular flexibility index (Phi) is 14.5. The molecule has 2 fully saturated rings. The lowest BCUT2D eigenvalue weighted by Gasteiger charge is -2.46. The van der Waals surface area contributed by atoms with Gasteiger partial charge >= 0.3 is 24.1 Å². The summed E-state index contributed by atoms with van der Waals surface area (Å²) in [5.41, 5.74) is 5.65. The SMILES string of the molecule is C=C[C@H](OC(=O)Oc1ccccc1)[C@@H](O[C@@H]1O[C@H](COC(C)=O)[C@@H](OC(C)=O)[C@H](OC(C)=O)[C@H]1NC(=O)C(Cl)(Cl)Cl)[C@H]1OC(C)(C)O[C@@H]1C(N)=O. The number of alkyl halides is 3. The standard InChI is InChI=1S/C31H37Cl3N2O15/c1-7-18(48-29(42)46-17-11-9-8-10-12-17)21(24-25(26(35)40)51-30(5,6)50-24)49-27-20(36-28(41)31(32,33)34)23(45-16(4)39)22(44-15(3)38)19(47-27)13-43-14(2)37/h7-12,18-25,27H,1,13H2,2-6H3,(H2,35,40)(H,36,41)/t18-,19+,20+,21+,22+,23+,24+,25-,27-/m0/s1. The highest BCUT2D eigenvalue weighted by molar-refractivity contribution is 6.76. The van der Waals surface area contributed by atoms with Gasteiger partial charge in [0.05, 0.1) is 0 Å². The van der Waals surface area contributed by atoms with Gasteiger partial charge in [0.15, 0.2) is 36.5 Å². The lowest BCUT2D eigenvalue weighted by Crippen LogP contribution is -2.68. The van der Waals surface area contributed by atoms with Crippen LogP contribution in [0.2, 0.25) is 0 Å². The molecule has 17 nitrogen and oxygen atoms in total. The molecule has 9 atom stereocenters. The smallest absolute Gasteiger partial charge is 0.463 e. The minimum atomic E-state index is -2.60. The lowest BCUT2D eigenvalue weighted by molar-refractivity contribution is -0.301. The highest BCUT2D eigenvalue weighted by Gasteiger charge is 2.57. The number of para-hydroxylation sites is 1. The zero-order valence-electron chi connectivity index (χ0n) is 27.9. The van der Waals surface area contributed by atoms with Crippen LogP contribution in [0.3, 0.4) is 0 Å². The second-order valence-corrected chi connectivity index (χ2v) is 13.8. The molecular formula is C31H37Cl3N2O15. The van der Waals surface area contributed by atoms with Gasteiger partial charge in [-0.25, -0.2) is 4.79 Å². The van der Waals surface area contributed by atoms with E-state index in [1.165, 1.54) is 26.0 Å². The van der Waals surface area contributed by atoms with E-state index in [-0.39, 0.29) is 5.75 Å². The molecule has 2 amide bonds. The summed E-state index contributed by atoms with van der Waals surface area (Å²) >= 11 is 17.5. The van der Waals surface area contributed by atoms with E-state index in [1.807, 2.05) is 0 Å². The lowest BCUT2D eigenvalue weighted by atomic mass is 9.95. The molecule has 20 heteroatoms. The van der Waals surface area contributed by atoms with Crippen molar-refractivity contribution < 1.29 is 71.4 Å². The molecule has 282 valence electrons. The van der Waals surface area contributed by atoms with Crippen molar-refractivity contribution in [2.24, 2.45) is 5.73 Å². The van der Waals surface area contributed by atoms with Crippen molar-refractivity contribution in [1.29, 1.82) is 0 Å². The van der Waals surface area contributed by atoms with Gasteiger partial charge in [-0.1, -0.05) is 59.6 Å².